The van der Waals surface area contributed by atoms with Crippen LogP contribution >= 0.6 is 0 Å². The molecule has 2 atom stereocenters. The van der Waals surface area contributed by atoms with Gasteiger partial charge in [0, 0.05) is 6.54 Å². The molecule has 0 radical (unpaired) electrons. The average molecular weight is 315 g/mol. The molecule has 23 heavy (non-hydrogen) atoms. The molecule has 1 aromatic rings. The normalized spacial score (nSPS) is 19.1. The van der Waals surface area contributed by atoms with E-state index in [4.69, 9.17) is 0 Å². The molecule has 1 fully saturated rings. The number of hydrogen-bond acceptors (Lipinski definition) is 2. The third-order valence-corrected chi connectivity index (χ3v) is 4.01. The SMILES string of the molecule is C=CCC[C@H](NC(=O)N[C@H]1CCCCNC1=O)c1ccccc1. The van der Waals surface area contributed by atoms with E-state index in [1.807, 2.05) is 36.4 Å². The van der Waals surface area contributed by atoms with E-state index in [0.29, 0.717) is 13.0 Å². The summed E-state index contributed by atoms with van der Waals surface area (Å²) in [4.78, 5) is 24.2. The van der Waals surface area contributed by atoms with E-state index in [0.717, 1.165) is 31.2 Å². The highest BCUT2D eigenvalue weighted by molar-refractivity contribution is 5.87. The van der Waals surface area contributed by atoms with Crippen molar-refractivity contribution in [2.45, 2.75) is 44.2 Å². The molecule has 0 aromatic heterocycles. The third-order valence-electron chi connectivity index (χ3n) is 4.01. The van der Waals surface area contributed by atoms with Gasteiger partial charge in [-0.05, 0) is 37.7 Å². The Morgan fingerprint density at radius 1 is 1.35 bits per heavy atom. The molecule has 2 rings (SSSR count). The van der Waals surface area contributed by atoms with Crippen molar-refractivity contribution in [3.63, 3.8) is 0 Å². The van der Waals surface area contributed by atoms with Gasteiger partial charge in [-0.2, -0.15) is 0 Å². The number of nitrogens with one attached hydrogen (secondary N) is 3. The highest BCUT2D eigenvalue weighted by atomic mass is 16.2. The molecule has 0 spiro atoms. The van der Waals surface area contributed by atoms with Gasteiger partial charge in [-0.25, -0.2) is 4.79 Å². The third kappa shape index (κ3) is 5.43. The second kappa shape index (κ2) is 8.98. The summed E-state index contributed by atoms with van der Waals surface area (Å²) in [5.74, 6) is -0.0972. The fourth-order valence-electron chi connectivity index (χ4n) is 2.73. The summed E-state index contributed by atoms with van der Waals surface area (Å²) >= 11 is 0. The van der Waals surface area contributed by atoms with Gasteiger partial charge in [0.25, 0.3) is 0 Å². The van der Waals surface area contributed by atoms with Crippen LogP contribution in [0.25, 0.3) is 0 Å². The lowest BCUT2D eigenvalue weighted by molar-refractivity contribution is -0.122. The van der Waals surface area contributed by atoms with Crippen LogP contribution < -0.4 is 16.0 Å². The lowest BCUT2D eigenvalue weighted by atomic mass is 10.0. The molecule has 1 aliphatic heterocycles. The Balaban J connectivity index is 1.96. The van der Waals surface area contributed by atoms with Crippen molar-refractivity contribution in [3.8, 4) is 0 Å². The molecule has 0 unspecified atom stereocenters. The van der Waals surface area contributed by atoms with Crippen molar-refractivity contribution in [3.05, 3.63) is 48.6 Å². The van der Waals surface area contributed by atoms with Gasteiger partial charge in [0.1, 0.15) is 6.04 Å². The molecular formula is C18H25N3O2. The average Bonchev–Trinajstić information content (AvgIpc) is 2.77. The quantitative estimate of drug-likeness (QED) is 0.706. The zero-order valence-electron chi connectivity index (χ0n) is 13.4. The smallest absolute Gasteiger partial charge is 0.315 e. The fourth-order valence-corrected chi connectivity index (χ4v) is 2.73. The number of hydrogen-bond donors (Lipinski definition) is 3. The largest absolute Gasteiger partial charge is 0.354 e. The Bertz CT molecular complexity index is 530. The summed E-state index contributed by atoms with van der Waals surface area (Å²) in [5.41, 5.74) is 1.05. The standard InChI is InChI=1S/C18H25N3O2/c1-2-3-11-15(14-9-5-4-6-10-14)20-18(23)21-16-12-7-8-13-19-17(16)22/h2,4-6,9-10,15-16H,1,3,7-8,11-13H2,(H,19,22)(H2,20,21,23)/t15-,16-/m0/s1. The summed E-state index contributed by atoms with van der Waals surface area (Å²) in [6.07, 6.45) is 6.00. The van der Waals surface area contributed by atoms with Gasteiger partial charge in [-0.15, -0.1) is 6.58 Å². The van der Waals surface area contributed by atoms with Crippen molar-refractivity contribution in [2.24, 2.45) is 0 Å². The molecule has 0 saturated carbocycles. The topological polar surface area (TPSA) is 70.2 Å². The van der Waals surface area contributed by atoms with Crippen LogP contribution in [0.3, 0.4) is 0 Å². The Kier molecular flexibility index (Phi) is 6.66. The molecule has 1 heterocycles. The molecule has 1 aliphatic rings. The lowest BCUT2D eigenvalue weighted by Gasteiger charge is -2.21. The first-order valence-corrected chi connectivity index (χ1v) is 8.21. The molecule has 5 heteroatoms. The summed E-state index contributed by atoms with van der Waals surface area (Å²) < 4.78 is 0. The minimum absolute atomic E-state index is 0.0944. The molecule has 3 amide bonds. The van der Waals surface area contributed by atoms with Crippen molar-refractivity contribution in [1.29, 1.82) is 0 Å². The second-order valence-electron chi connectivity index (χ2n) is 5.79. The van der Waals surface area contributed by atoms with Crippen molar-refractivity contribution in [2.75, 3.05) is 6.54 Å². The molecule has 124 valence electrons. The van der Waals surface area contributed by atoms with Crippen LogP contribution in [0.5, 0.6) is 0 Å². The van der Waals surface area contributed by atoms with Crippen LogP contribution in [0, 0.1) is 0 Å². The first-order valence-electron chi connectivity index (χ1n) is 8.21. The maximum atomic E-state index is 12.3. The van der Waals surface area contributed by atoms with Gasteiger partial charge in [0.15, 0.2) is 0 Å². The monoisotopic (exact) mass is 315 g/mol. The molecule has 0 bridgehead atoms. The molecule has 1 saturated heterocycles. The number of rotatable bonds is 6. The summed E-state index contributed by atoms with van der Waals surface area (Å²) in [5, 5.41) is 8.60. The van der Waals surface area contributed by atoms with E-state index in [9.17, 15) is 9.59 Å². The first-order chi connectivity index (χ1) is 11.2. The number of carbonyl (C=O) groups is 2. The summed E-state index contributed by atoms with van der Waals surface area (Å²) in [6, 6.07) is 8.99. The molecule has 3 N–H and O–H groups in total. The number of allylic oxidation sites excluding steroid dienone is 1. The molecule has 0 aliphatic carbocycles. The number of benzene rings is 1. The molecule has 5 nitrogen and oxygen atoms in total. The Labute approximate surface area is 137 Å². The van der Waals surface area contributed by atoms with E-state index < -0.39 is 6.04 Å². The van der Waals surface area contributed by atoms with Crippen molar-refractivity contribution in [1.82, 2.24) is 16.0 Å². The van der Waals surface area contributed by atoms with Gasteiger partial charge < -0.3 is 16.0 Å². The predicted octanol–water partition coefficient (Wildman–Crippen LogP) is 2.66. The van der Waals surface area contributed by atoms with Crippen molar-refractivity contribution < 1.29 is 9.59 Å². The number of carbonyl (C=O) groups excluding carboxylic acids is 2. The van der Waals surface area contributed by atoms with Gasteiger partial charge in [0.05, 0.1) is 6.04 Å². The second-order valence-corrected chi connectivity index (χ2v) is 5.79. The van der Waals surface area contributed by atoms with Gasteiger partial charge in [-0.1, -0.05) is 36.4 Å². The number of amides is 3. The Morgan fingerprint density at radius 3 is 2.87 bits per heavy atom. The zero-order valence-corrected chi connectivity index (χ0v) is 13.4. The van der Waals surface area contributed by atoms with Crippen LogP contribution in [0.1, 0.15) is 43.7 Å². The van der Waals surface area contributed by atoms with Gasteiger partial charge in [-0.3, -0.25) is 4.79 Å². The van der Waals surface area contributed by atoms with E-state index in [-0.39, 0.29) is 18.0 Å². The maximum Gasteiger partial charge on any atom is 0.315 e. The Morgan fingerprint density at radius 2 is 2.13 bits per heavy atom. The van der Waals surface area contributed by atoms with Crippen LogP contribution in [-0.4, -0.2) is 24.5 Å². The summed E-state index contributed by atoms with van der Waals surface area (Å²) in [6.45, 7) is 4.42. The van der Waals surface area contributed by atoms with Crippen LogP contribution in [0.2, 0.25) is 0 Å². The summed E-state index contributed by atoms with van der Waals surface area (Å²) in [7, 11) is 0. The van der Waals surface area contributed by atoms with E-state index >= 15 is 0 Å². The van der Waals surface area contributed by atoms with E-state index in [1.54, 1.807) is 0 Å². The predicted molar refractivity (Wildman–Crippen MR) is 90.9 cm³/mol. The fraction of sp³-hybridized carbons (Fsp3) is 0.444. The minimum atomic E-state index is -0.451. The van der Waals surface area contributed by atoms with Crippen LogP contribution in [-0.2, 0) is 4.79 Å². The van der Waals surface area contributed by atoms with Gasteiger partial charge in [0.2, 0.25) is 5.91 Å². The minimum Gasteiger partial charge on any atom is -0.354 e. The maximum absolute atomic E-state index is 12.3. The highest BCUT2D eigenvalue weighted by Crippen LogP contribution is 2.18. The van der Waals surface area contributed by atoms with Crippen LogP contribution in [0.4, 0.5) is 4.79 Å². The molecule has 1 aromatic carbocycles. The lowest BCUT2D eigenvalue weighted by Crippen LogP contribution is -2.49. The Hall–Kier alpha value is -2.30. The van der Waals surface area contributed by atoms with Gasteiger partial charge >= 0.3 is 6.03 Å². The van der Waals surface area contributed by atoms with E-state index in [2.05, 4.69) is 22.5 Å². The highest BCUT2D eigenvalue weighted by Gasteiger charge is 2.23. The molecular weight excluding hydrogens is 290 g/mol. The first kappa shape index (κ1) is 17.1. The zero-order chi connectivity index (χ0) is 16.5. The number of urea groups is 1. The van der Waals surface area contributed by atoms with E-state index in [1.165, 1.54) is 0 Å². The van der Waals surface area contributed by atoms with Crippen LogP contribution in [0.15, 0.2) is 43.0 Å². The van der Waals surface area contributed by atoms with Crippen molar-refractivity contribution >= 4 is 11.9 Å².